The zero-order valence-corrected chi connectivity index (χ0v) is 14.6. The third-order valence-electron chi connectivity index (χ3n) is 4.98. The van der Waals surface area contributed by atoms with Crippen LogP contribution in [-0.4, -0.2) is 67.0 Å². The number of piperidine rings is 1. The first-order chi connectivity index (χ1) is 11.1. The molecule has 0 aromatic carbocycles. The number of likely N-dealkylation sites (tertiary alicyclic amines) is 2. The average Bonchev–Trinajstić information content (AvgIpc) is 3.02. The zero-order valence-electron chi connectivity index (χ0n) is 14.6. The highest BCUT2D eigenvalue weighted by molar-refractivity contribution is 5.77. The molecular weight excluding hydrogens is 292 g/mol. The van der Waals surface area contributed by atoms with Crippen molar-refractivity contribution in [2.75, 3.05) is 39.3 Å². The summed E-state index contributed by atoms with van der Waals surface area (Å²) in [6.07, 6.45) is 4.94. The molecule has 23 heavy (non-hydrogen) atoms. The van der Waals surface area contributed by atoms with Crippen molar-refractivity contribution in [2.45, 2.75) is 52.0 Å². The molecule has 0 radical (unpaired) electrons. The second kappa shape index (κ2) is 9.11. The predicted octanol–water partition coefficient (Wildman–Crippen LogP) is 1.42. The minimum Gasteiger partial charge on any atom is -0.341 e. The van der Waals surface area contributed by atoms with Gasteiger partial charge in [0.2, 0.25) is 5.91 Å². The predicted molar refractivity (Wildman–Crippen MR) is 91.3 cm³/mol. The number of hydrogen-bond acceptors (Lipinski definition) is 3. The quantitative estimate of drug-likeness (QED) is 0.776. The Morgan fingerprint density at radius 2 is 1.83 bits per heavy atom. The molecule has 2 fully saturated rings. The van der Waals surface area contributed by atoms with E-state index in [-0.39, 0.29) is 18.0 Å². The molecule has 0 aliphatic carbocycles. The third kappa shape index (κ3) is 5.68. The van der Waals surface area contributed by atoms with Crippen LogP contribution < -0.4 is 10.6 Å². The zero-order chi connectivity index (χ0) is 16.7. The van der Waals surface area contributed by atoms with Crippen LogP contribution in [0.4, 0.5) is 4.79 Å². The van der Waals surface area contributed by atoms with Gasteiger partial charge in [-0.05, 0) is 51.2 Å². The molecule has 0 bridgehead atoms. The molecule has 132 valence electrons. The van der Waals surface area contributed by atoms with Crippen LogP contribution in [0, 0.1) is 5.92 Å². The van der Waals surface area contributed by atoms with E-state index in [4.69, 9.17) is 0 Å². The fraction of sp³-hybridized carbons (Fsp3) is 0.882. The lowest BCUT2D eigenvalue weighted by atomic mass is 9.97. The smallest absolute Gasteiger partial charge is 0.315 e. The number of rotatable bonds is 6. The van der Waals surface area contributed by atoms with Crippen LogP contribution in [0.5, 0.6) is 0 Å². The number of nitrogens with one attached hydrogen (secondary N) is 2. The molecule has 3 amide bonds. The van der Waals surface area contributed by atoms with E-state index in [1.807, 2.05) is 11.8 Å². The van der Waals surface area contributed by atoms with Crippen molar-refractivity contribution in [2.24, 2.45) is 5.92 Å². The van der Waals surface area contributed by atoms with Crippen LogP contribution >= 0.6 is 0 Å². The molecule has 0 saturated carbocycles. The highest BCUT2D eigenvalue weighted by atomic mass is 16.2. The van der Waals surface area contributed by atoms with E-state index >= 15 is 0 Å². The maximum atomic E-state index is 12.0. The van der Waals surface area contributed by atoms with Gasteiger partial charge in [-0.25, -0.2) is 4.79 Å². The Balaban J connectivity index is 1.60. The number of urea groups is 1. The Morgan fingerprint density at radius 1 is 1.09 bits per heavy atom. The number of amides is 3. The van der Waals surface area contributed by atoms with Gasteiger partial charge >= 0.3 is 6.03 Å². The first-order valence-corrected chi connectivity index (χ1v) is 9.16. The molecule has 0 unspecified atom stereocenters. The molecule has 0 aromatic rings. The summed E-state index contributed by atoms with van der Waals surface area (Å²) in [5.41, 5.74) is 0. The second-order valence-corrected chi connectivity index (χ2v) is 6.82. The lowest BCUT2D eigenvalue weighted by molar-refractivity contribution is -0.129. The molecule has 6 nitrogen and oxygen atoms in total. The Morgan fingerprint density at radius 3 is 2.48 bits per heavy atom. The molecule has 0 aromatic heterocycles. The first-order valence-electron chi connectivity index (χ1n) is 9.16. The summed E-state index contributed by atoms with van der Waals surface area (Å²) in [7, 11) is 0. The number of carbonyl (C=O) groups is 2. The van der Waals surface area contributed by atoms with E-state index in [0.717, 1.165) is 32.6 Å². The normalized spacial score (nSPS) is 23.0. The highest BCUT2D eigenvalue weighted by Crippen LogP contribution is 2.16. The van der Waals surface area contributed by atoms with Crippen LogP contribution in [0.3, 0.4) is 0 Å². The average molecular weight is 324 g/mol. The van der Waals surface area contributed by atoms with E-state index in [1.165, 1.54) is 25.8 Å². The summed E-state index contributed by atoms with van der Waals surface area (Å²) in [4.78, 5) is 28.0. The van der Waals surface area contributed by atoms with Gasteiger partial charge in [-0.2, -0.15) is 0 Å². The van der Waals surface area contributed by atoms with Crippen molar-refractivity contribution in [1.29, 1.82) is 0 Å². The van der Waals surface area contributed by atoms with Gasteiger partial charge in [-0.3, -0.25) is 4.79 Å². The number of hydrogen-bond donors (Lipinski definition) is 2. The van der Waals surface area contributed by atoms with Gasteiger partial charge in [0.15, 0.2) is 0 Å². The Labute approximate surface area is 140 Å². The maximum absolute atomic E-state index is 12.0. The topological polar surface area (TPSA) is 64.7 Å². The molecule has 2 N–H and O–H groups in total. The van der Waals surface area contributed by atoms with Gasteiger partial charge in [0.25, 0.3) is 0 Å². The lowest BCUT2D eigenvalue weighted by Crippen LogP contribution is -2.46. The second-order valence-electron chi connectivity index (χ2n) is 6.82. The van der Waals surface area contributed by atoms with Crippen LogP contribution in [0.15, 0.2) is 0 Å². The van der Waals surface area contributed by atoms with E-state index in [0.29, 0.717) is 18.9 Å². The van der Waals surface area contributed by atoms with Crippen molar-refractivity contribution < 1.29 is 9.59 Å². The first kappa shape index (κ1) is 18.0. The van der Waals surface area contributed by atoms with E-state index < -0.39 is 0 Å². The molecule has 1 atom stereocenters. The summed E-state index contributed by atoms with van der Waals surface area (Å²) in [6.45, 7) is 9.75. The Kier molecular flexibility index (Phi) is 7.15. The minimum atomic E-state index is -0.0863. The van der Waals surface area contributed by atoms with Crippen molar-refractivity contribution in [1.82, 2.24) is 20.4 Å². The van der Waals surface area contributed by atoms with E-state index in [9.17, 15) is 9.59 Å². The number of nitrogens with zero attached hydrogens (tertiary/aromatic N) is 2. The Bertz CT molecular complexity index is 394. The van der Waals surface area contributed by atoms with Crippen LogP contribution in [0.25, 0.3) is 0 Å². The van der Waals surface area contributed by atoms with Gasteiger partial charge in [-0.15, -0.1) is 0 Å². The molecule has 2 heterocycles. The molecular formula is C17H32N4O2. The summed E-state index contributed by atoms with van der Waals surface area (Å²) in [5.74, 6) is 0.768. The standard InChI is InChI=1S/C17H32N4O2/c1-3-8-20-9-5-14(6-10-20)12-18-17(23)19-15-7-11-21(13-15)16(22)4-2/h14-15H,3-13H2,1-2H3,(H2,18,19,23)/t15-/m0/s1. The van der Waals surface area contributed by atoms with Gasteiger partial charge in [-0.1, -0.05) is 13.8 Å². The lowest BCUT2D eigenvalue weighted by Gasteiger charge is -2.31. The minimum absolute atomic E-state index is 0.0863. The van der Waals surface area contributed by atoms with Gasteiger partial charge in [0.1, 0.15) is 0 Å². The molecule has 6 heteroatoms. The summed E-state index contributed by atoms with van der Waals surface area (Å²) in [5, 5.41) is 6.01. The van der Waals surface area contributed by atoms with Crippen molar-refractivity contribution in [3.05, 3.63) is 0 Å². The highest BCUT2D eigenvalue weighted by Gasteiger charge is 2.26. The molecule has 2 rings (SSSR count). The third-order valence-corrected chi connectivity index (χ3v) is 4.98. The SMILES string of the molecule is CCCN1CCC(CNC(=O)N[C@H]2CCN(C(=O)CC)C2)CC1. The van der Waals surface area contributed by atoms with Gasteiger partial charge in [0.05, 0.1) is 0 Å². The summed E-state index contributed by atoms with van der Waals surface area (Å²) >= 11 is 0. The molecule has 2 aliphatic rings. The number of carbonyl (C=O) groups excluding carboxylic acids is 2. The van der Waals surface area contributed by atoms with E-state index in [1.54, 1.807) is 0 Å². The van der Waals surface area contributed by atoms with Crippen molar-refractivity contribution >= 4 is 11.9 Å². The maximum Gasteiger partial charge on any atom is 0.315 e. The van der Waals surface area contributed by atoms with Gasteiger partial charge < -0.3 is 20.4 Å². The van der Waals surface area contributed by atoms with Gasteiger partial charge in [0, 0.05) is 32.1 Å². The fourth-order valence-electron chi connectivity index (χ4n) is 3.53. The summed E-state index contributed by atoms with van der Waals surface area (Å²) < 4.78 is 0. The van der Waals surface area contributed by atoms with Crippen molar-refractivity contribution in [3.63, 3.8) is 0 Å². The van der Waals surface area contributed by atoms with E-state index in [2.05, 4.69) is 22.5 Å². The molecule has 2 aliphatic heterocycles. The molecule has 2 saturated heterocycles. The largest absolute Gasteiger partial charge is 0.341 e. The van der Waals surface area contributed by atoms with Crippen LogP contribution in [0.2, 0.25) is 0 Å². The van der Waals surface area contributed by atoms with Crippen molar-refractivity contribution in [3.8, 4) is 0 Å². The molecule has 0 spiro atoms. The summed E-state index contributed by atoms with van der Waals surface area (Å²) in [6, 6.07) is 0.00804. The Hall–Kier alpha value is -1.30. The van der Waals surface area contributed by atoms with Crippen LogP contribution in [-0.2, 0) is 4.79 Å². The fourth-order valence-corrected chi connectivity index (χ4v) is 3.53. The monoisotopic (exact) mass is 324 g/mol. The van der Waals surface area contributed by atoms with Crippen LogP contribution in [0.1, 0.15) is 46.0 Å².